The summed E-state index contributed by atoms with van der Waals surface area (Å²) in [5, 5.41) is 0. The van der Waals surface area contributed by atoms with E-state index in [0.29, 0.717) is 0 Å². The van der Waals surface area contributed by atoms with Crippen LogP contribution < -0.4 is 17.0 Å². The van der Waals surface area contributed by atoms with Crippen LogP contribution in [-0.4, -0.2) is 30.7 Å². The highest BCUT2D eigenvalue weighted by Gasteiger charge is 2.20. The van der Waals surface area contributed by atoms with E-state index in [9.17, 15) is 0 Å². The van der Waals surface area contributed by atoms with Crippen molar-refractivity contribution >= 4 is 0 Å². The maximum Gasteiger partial charge on any atom is 0.0970 e. The zero-order valence-corrected chi connectivity index (χ0v) is 19.4. The number of quaternary nitrogens is 1. The van der Waals surface area contributed by atoms with Crippen LogP contribution in [0.4, 0.5) is 0 Å². The zero-order chi connectivity index (χ0) is 17.9. The van der Waals surface area contributed by atoms with E-state index in [1.807, 2.05) is 0 Å². The van der Waals surface area contributed by atoms with Crippen LogP contribution in [-0.2, 0) is 0 Å². The monoisotopic (exact) mass is 417 g/mol. The Labute approximate surface area is 171 Å². The first-order chi connectivity index (χ1) is 11.7. The molecule has 25 heavy (non-hydrogen) atoms. The lowest BCUT2D eigenvalue weighted by Crippen LogP contribution is -3.00. The molecule has 2 heteroatoms. The van der Waals surface area contributed by atoms with E-state index in [1.165, 1.54) is 114 Å². The van der Waals surface area contributed by atoms with Gasteiger partial charge < -0.3 is 21.5 Å². The van der Waals surface area contributed by atoms with Gasteiger partial charge in [-0.3, -0.25) is 0 Å². The van der Waals surface area contributed by atoms with Gasteiger partial charge in [0.25, 0.3) is 0 Å². The zero-order valence-electron chi connectivity index (χ0n) is 17.8. The first-order valence-electron chi connectivity index (χ1n) is 11.2. The Bertz CT molecular complexity index is 261. The molecule has 0 aromatic rings. The van der Waals surface area contributed by atoms with E-state index < -0.39 is 0 Å². The largest absolute Gasteiger partial charge is 1.00 e. The SMILES string of the molecule is C=CC[N+](CC)(CC)CCCCCCCCCCCCCCCC.[Br-]. The van der Waals surface area contributed by atoms with Crippen LogP contribution in [0, 0.1) is 0 Å². The molecule has 0 unspecified atom stereocenters. The van der Waals surface area contributed by atoms with Crippen LogP contribution in [0.15, 0.2) is 12.7 Å². The van der Waals surface area contributed by atoms with Crippen molar-refractivity contribution < 1.29 is 21.5 Å². The summed E-state index contributed by atoms with van der Waals surface area (Å²) < 4.78 is 1.24. The molecule has 0 fully saturated rings. The van der Waals surface area contributed by atoms with E-state index in [1.54, 1.807) is 0 Å². The molecule has 0 aliphatic carbocycles. The molecule has 0 aliphatic heterocycles. The number of likely N-dealkylation sites (N-methyl/N-ethyl adjacent to an activating group) is 1. The molecule has 0 aromatic heterocycles. The maximum absolute atomic E-state index is 3.94. The van der Waals surface area contributed by atoms with Crippen molar-refractivity contribution in [2.45, 2.75) is 111 Å². The topological polar surface area (TPSA) is 0 Å². The minimum absolute atomic E-state index is 0. The summed E-state index contributed by atoms with van der Waals surface area (Å²) in [5.74, 6) is 0. The van der Waals surface area contributed by atoms with E-state index in [-0.39, 0.29) is 17.0 Å². The number of unbranched alkanes of at least 4 members (excludes halogenated alkanes) is 13. The number of hydrogen-bond donors (Lipinski definition) is 0. The smallest absolute Gasteiger partial charge is 0.0970 e. The van der Waals surface area contributed by atoms with Gasteiger partial charge in [-0.1, -0.05) is 90.6 Å². The van der Waals surface area contributed by atoms with Crippen molar-refractivity contribution in [1.82, 2.24) is 0 Å². The summed E-state index contributed by atoms with van der Waals surface area (Å²) >= 11 is 0. The second-order valence-electron chi connectivity index (χ2n) is 7.77. The first-order valence-corrected chi connectivity index (χ1v) is 11.2. The van der Waals surface area contributed by atoms with Crippen LogP contribution in [0.5, 0.6) is 0 Å². The highest BCUT2D eigenvalue weighted by molar-refractivity contribution is 4.66. The molecule has 0 aliphatic rings. The molecule has 0 heterocycles. The normalized spacial score (nSPS) is 11.3. The van der Waals surface area contributed by atoms with Gasteiger partial charge in [0, 0.05) is 0 Å². The fourth-order valence-electron chi connectivity index (χ4n) is 3.80. The molecule has 1 nitrogen and oxygen atoms in total. The van der Waals surface area contributed by atoms with E-state index in [0.717, 1.165) is 6.54 Å². The lowest BCUT2D eigenvalue weighted by atomic mass is 10.0. The summed E-state index contributed by atoms with van der Waals surface area (Å²) in [6.45, 7) is 15.9. The van der Waals surface area contributed by atoms with Crippen LogP contribution in [0.3, 0.4) is 0 Å². The minimum atomic E-state index is 0. The van der Waals surface area contributed by atoms with Crippen molar-refractivity contribution in [2.24, 2.45) is 0 Å². The first kappa shape index (κ1) is 27.4. The molecule has 0 bridgehead atoms. The summed E-state index contributed by atoms with van der Waals surface area (Å²) in [4.78, 5) is 0. The Hall–Kier alpha value is 0.180. The Morgan fingerprint density at radius 2 is 0.960 bits per heavy atom. The Morgan fingerprint density at radius 3 is 1.28 bits per heavy atom. The molecule has 0 atom stereocenters. The third-order valence-corrected chi connectivity index (χ3v) is 5.84. The lowest BCUT2D eigenvalue weighted by molar-refractivity contribution is -0.919. The van der Waals surface area contributed by atoms with Crippen molar-refractivity contribution in [3.05, 3.63) is 12.7 Å². The lowest BCUT2D eigenvalue weighted by Gasteiger charge is -2.36. The van der Waals surface area contributed by atoms with Gasteiger partial charge in [0.15, 0.2) is 0 Å². The molecule has 0 saturated heterocycles. The predicted octanol–water partition coefficient (Wildman–Crippen LogP) is 4.51. The number of hydrogen-bond acceptors (Lipinski definition) is 0. The fourth-order valence-corrected chi connectivity index (χ4v) is 3.80. The van der Waals surface area contributed by atoms with Crippen molar-refractivity contribution in [1.29, 1.82) is 0 Å². The van der Waals surface area contributed by atoms with Crippen molar-refractivity contribution in [3.63, 3.8) is 0 Å². The Morgan fingerprint density at radius 1 is 0.600 bits per heavy atom. The molecule has 0 rings (SSSR count). The standard InChI is InChI=1S/C23H48N.BrH/c1-5-9-10-11-12-13-14-15-16-17-18-19-20-21-23-24(7-3,8-4)22-6-2;/h6H,2,5,7-23H2,1,3-4H3;1H/q+1;/p-1. The fraction of sp³-hybridized carbons (Fsp3) is 0.913. The summed E-state index contributed by atoms with van der Waals surface area (Å²) in [7, 11) is 0. The molecular weight excluding hydrogens is 370 g/mol. The van der Waals surface area contributed by atoms with Crippen molar-refractivity contribution in [3.8, 4) is 0 Å². The average Bonchev–Trinajstić information content (AvgIpc) is 2.61. The van der Waals surface area contributed by atoms with Gasteiger partial charge in [0.2, 0.25) is 0 Å². The highest BCUT2D eigenvalue weighted by atomic mass is 79.9. The second-order valence-corrected chi connectivity index (χ2v) is 7.77. The van der Waals surface area contributed by atoms with Gasteiger partial charge in [-0.15, -0.1) is 0 Å². The summed E-state index contributed by atoms with van der Waals surface area (Å²) in [6, 6.07) is 0. The molecule has 0 saturated carbocycles. The molecule has 0 radical (unpaired) electrons. The number of nitrogens with zero attached hydrogens (tertiary/aromatic N) is 1. The Balaban J connectivity index is 0. The van der Waals surface area contributed by atoms with Crippen LogP contribution in [0.1, 0.15) is 111 Å². The predicted molar refractivity (Wildman–Crippen MR) is 112 cm³/mol. The van der Waals surface area contributed by atoms with Crippen LogP contribution >= 0.6 is 0 Å². The number of halogens is 1. The van der Waals surface area contributed by atoms with Crippen molar-refractivity contribution in [2.75, 3.05) is 26.2 Å². The average molecular weight is 419 g/mol. The summed E-state index contributed by atoms with van der Waals surface area (Å²) in [6.07, 6.45) is 22.4. The highest BCUT2D eigenvalue weighted by Crippen LogP contribution is 2.14. The molecule has 0 aromatic carbocycles. The van der Waals surface area contributed by atoms with Gasteiger partial charge >= 0.3 is 0 Å². The maximum atomic E-state index is 3.94. The second kappa shape index (κ2) is 20.5. The van der Waals surface area contributed by atoms with E-state index >= 15 is 0 Å². The van der Waals surface area contributed by atoms with Gasteiger partial charge in [-0.25, -0.2) is 0 Å². The van der Waals surface area contributed by atoms with Crippen LogP contribution in [0.25, 0.3) is 0 Å². The van der Waals surface area contributed by atoms with Crippen LogP contribution in [0.2, 0.25) is 0 Å². The van der Waals surface area contributed by atoms with E-state index in [2.05, 4.69) is 33.4 Å². The molecular formula is C23H48BrN. The van der Waals surface area contributed by atoms with Gasteiger partial charge in [0.1, 0.15) is 0 Å². The third kappa shape index (κ3) is 16.1. The molecule has 0 spiro atoms. The molecule has 0 amide bonds. The third-order valence-electron chi connectivity index (χ3n) is 5.84. The van der Waals surface area contributed by atoms with E-state index in [4.69, 9.17) is 0 Å². The minimum Gasteiger partial charge on any atom is -1.00 e. The van der Waals surface area contributed by atoms with Gasteiger partial charge in [0.05, 0.1) is 26.2 Å². The Kier molecular flexibility index (Phi) is 22.5. The quantitative estimate of drug-likeness (QED) is 0.164. The number of rotatable bonds is 19. The molecule has 0 N–H and O–H groups in total. The molecule has 152 valence electrons. The summed E-state index contributed by atoms with van der Waals surface area (Å²) in [5.41, 5.74) is 0. The van der Waals surface area contributed by atoms with Gasteiger partial charge in [-0.05, 0) is 32.8 Å². The van der Waals surface area contributed by atoms with Gasteiger partial charge in [-0.2, -0.15) is 0 Å².